The van der Waals surface area contributed by atoms with E-state index in [-0.39, 0.29) is 12.3 Å². The van der Waals surface area contributed by atoms with Crippen LogP contribution in [0.5, 0.6) is 0 Å². The highest BCUT2D eigenvalue weighted by Crippen LogP contribution is 2.33. The quantitative estimate of drug-likeness (QED) is 0.859. The van der Waals surface area contributed by atoms with Crippen LogP contribution >= 0.6 is 11.3 Å². The maximum Gasteiger partial charge on any atom is 0.290 e. The lowest BCUT2D eigenvalue weighted by Gasteiger charge is -2.25. The van der Waals surface area contributed by atoms with E-state index in [2.05, 4.69) is 14.9 Å². The smallest absolute Gasteiger partial charge is 0.290 e. The number of thiazole rings is 1. The lowest BCUT2D eigenvalue weighted by molar-refractivity contribution is -0.122. The van der Waals surface area contributed by atoms with E-state index in [1.165, 1.54) is 25.3 Å². The van der Waals surface area contributed by atoms with Crippen LogP contribution in [0.1, 0.15) is 24.1 Å². The van der Waals surface area contributed by atoms with E-state index < -0.39 is 0 Å². The molecule has 0 aliphatic carbocycles. The minimum Gasteiger partial charge on any atom is -0.483 e. The Morgan fingerprint density at radius 2 is 2.00 bits per heavy atom. The standard InChI is InChI=1S/C14H16FN3S.CH2O2/c1-10-12(13-11(15)6-5-7-16-13)17-14(19-10)18-8-3-2-4-9-18;2-1-3/h5-7H,2-4,8-9H2,1H3;1H,(H,2,3). The normalized spacial score (nSPS) is 14.2. The molecular weight excluding hydrogens is 305 g/mol. The average Bonchev–Trinajstić information content (AvgIpc) is 2.91. The van der Waals surface area contributed by atoms with Gasteiger partial charge in [-0.1, -0.05) is 0 Å². The highest BCUT2D eigenvalue weighted by atomic mass is 32.1. The number of hydrogen-bond donors (Lipinski definition) is 1. The molecule has 2 aromatic heterocycles. The van der Waals surface area contributed by atoms with Crippen molar-refractivity contribution in [3.8, 4) is 11.4 Å². The fraction of sp³-hybridized carbons (Fsp3) is 0.400. The number of aromatic nitrogens is 2. The highest BCUT2D eigenvalue weighted by Gasteiger charge is 2.19. The maximum absolute atomic E-state index is 13.8. The Balaban J connectivity index is 0.000000545. The molecule has 0 saturated carbocycles. The average molecular weight is 323 g/mol. The number of nitrogens with zero attached hydrogens (tertiary/aromatic N) is 3. The lowest BCUT2D eigenvalue weighted by Crippen LogP contribution is -2.29. The molecule has 22 heavy (non-hydrogen) atoms. The monoisotopic (exact) mass is 323 g/mol. The molecule has 0 unspecified atom stereocenters. The van der Waals surface area contributed by atoms with Gasteiger partial charge in [-0.05, 0) is 38.3 Å². The van der Waals surface area contributed by atoms with Crippen LogP contribution < -0.4 is 4.90 Å². The molecule has 118 valence electrons. The number of halogens is 1. The SMILES string of the molecule is Cc1sc(N2CCCCC2)nc1-c1ncccc1F.O=CO. The maximum atomic E-state index is 13.8. The molecule has 3 rings (SSSR count). The van der Waals surface area contributed by atoms with Gasteiger partial charge in [-0.25, -0.2) is 9.37 Å². The van der Waals surface area contributed by atoms with E-state index in [1.54, 1.807) is 23.6 Å². The van der Waals surface area contributed by atoms with Crippen molar-refractivity contribution in [2.75, 3.05) is 18.0 Å². The van der Waals surface area contributed by atoms with Gasteiger partial charge >= 0.3 is 0 Å². The minimum absolute atomic E-state index is 0.250. The molecule has 1 aliphatic heterocycles. The number of piperidine rings is 1. The molecule has 0 amide bonds. The molecule has 1 saturated heterocycles. The number of rotatable bonds is 2. The van der Waals surface area contributed by atoms with Crippen LogP contribution in [0.25, 0.3) is 11.4 Å². The van der Waals surface area contributed by atoms with Crippen LogP contribution in [0, 0.1) is 12.7 Å². The van der Waals surface area contributed by atoms with E-state index in [0.717, 1.165) is 23.1 Å². The molecule has 0 atom stereocenters. The zero-order valence-electron chi connectivity index (χ0n) is 12.3. The first kappa shape index (κ1) is 16.4. The molecular formula is C15H18FN3O2S. The van der Waals surface area contributed by atoms with Crippen molar-refractivity contribution in [1.82, 2.24) is 9.97 Å². The summed E-state index contributed by atoms with van der Waals surface area (Å²) in [6, 6.07) is 3.04. The van der Waals surface area contributed by atoms with Gasteiger partial charge in [0.05, 0.1) is 0 Å². The first-order chi connectivity index (χ1) is 10.7. The molecule has 0 bridgehead atoms. The summed E-state index contributed by atoms with van der Waals surface area (Å²) in [7, 11) is 0. The fourth-order valence-corrected chi connectivity index (χ4v) is 3.34. The minimum atomic E-state index is -0.305. The summed E-state index contributed by atoms with van der Waals surface area (Å²) < 4.78 is 13.8. The summed E-state index contributed by atoms with van der Waals surface area (Å²) in [5, 5.41) is 7.89. The van der Waals surface area contributed by atoms with Crippen LogP contribution in [0.4, 0.5) is 9.52 Å². The van der Waals surface area contributed by atoms with Crippen LogP contribution in [0.2, 0.25) is 0 Å². The molecule has 2 aromatic rings. The van der Waals surface area contributed by atoms with Crippen LogP contribution in [0.15, 0.2) is 18.3 Å². The number of pyridine rings is 1. The predicted molar refractivity (Wildman–Crippen MR) is 84.8 cm³/mol. The first-order valence-electron chi connectivity index (χ1n) is 7.08. The Bertz CT molecular complexity index is 627. The predicted octanol–water partition coefficient (Wildman–Crippen LogP) is 3.34. The van der Waals surface area contributed by atoms with E-state index in [0.29, 0.717) is 11.4 Å². The third-order valence-corrected chi connectivity index (χ3v) is 4.43. The summed E-state index contributed by atoms with van der Waals surface area (Å²) in [6.45, 7) is 3.84. The second kappa shape index (κ2) is 7.84. The van der Waals surface area contributed by atoms with Crippen molar-refractivity contribution >= 4 is 22.9 Å². The number of carboxylic acid groups (broad SMARTS) is 1. The number of carbonyl (C=O) groups is 1. The van der Waals surface area contributed by atoms with Crippen molar-refractivity contribution in [2.45, 2.75) is 26.2 Å². The van der Waals surface area contributed by atoms with Crippen molar-refractivity contribution in [3.05, 3.63) is 29.0 Å². The molecule has 3 heterocycles. The van der Waals surface area contributed by atoms with E-state index in [9.17, 15) is 4.39 Å². The molecule has 1 fully saturated rings. The molecule has 5 nitrogen and oxygen atoms in total. The second-order valence-corrected chi connectivity index (χ2v) is 6.07. The van der Waals surface area contributed by atoms with Gasteiger partial charge in [0.15, 0.2) is 10.9 Å². The topological polar surface area (TPSA) is 66.3 Å². The van der Waals surface area contributed by atoms with Gasteiger partial charge < -0.3 is 10.0 Å². The Morgan fingerprint density at radius 3 is 2.64 bits per heavy atom. The lowest BCUT2D eigenvalue weighted by atomic mass is 10.1. The van der Waals surface area contributed by atoms with Gasteiger partial charge in [-0.3, -0.25) is 9.78 Å². The summed E-state index contributed by atoms with van der Waals surface area (Å²) >= 11 is 1.63. The number of hydrogen-bond acceptors (Lipinski definition) is 5. The number of aryl methyl sites for hydroxylation is 1. The molecule has 0 spiro atoms. The van der Waals surface area contributed by atoms with Gasteiger partial charge in [0.25, 0.3) is 6.47 Å². The largest absolute Gasteiger partial charge is 0.483 e. The molecule has 1 aliphatic rings. The summed E-state index contributed by atoms with van der Waals surface area (Å²) in [6.07, 6.45) is 5.33. The zero-order chi connectivity index (χ0) is 15.9. The van der Waals surface area contributed by atoms with Gasteiger partial charge in [-0.15, -0.1) is 11.3 Å². The first-order valence-corrected chi connectivity index (χ1v) is 7.90. The van der Waals surface area contributed by atoms with Gasteiger partial charge in [0.1, 0.15) is 11.4 Å². The third kappa shape index (κ3) is 3.79. The van der Waals surface area contributed by atoms with E-state index in [1.807, 2.05) is 6.92 Å². The van der Waals surface area contributed by atoms with Crippen LogP contribution in [-0.4, -0.2) is 34.6 Å². The Kier molecular flexibility index (Phi) is 5.83. The summed E-state index contributed by atoms with van der Waals surface area (Å²) in [5.74, 6) is -0.305. The molecule has 0 radical (unpaired) electrons. The third-order valence-electron chi connectivity index (χ3n) is 3.39. The Morgan fingerprint density at radius 1 is 1.32 bits per heavy atom. The fourth-order valence-electron chi connectivity index (χ4n) is 2.38. The van der Waals surface area contributed by atoms with Crippen molar-refractivity contribution in [2.24, 2.45) is 0 Å². The number of anilines is 1. The van der Waals surface area contributed by atoms with Crippen molar-refractivity contribution in [1.29, 1.82) is 0 Å². The van der Waals surface area contributed by atoms with E-state index in [4.69, 9.17) is 9.90 Å². The van der Waals surface area contributed by atoms with Crippen LogP contribution in [-0.2, 0) is 4.79 Å². The van der Waals surface area contributed by atoms with Crippen LogP contribution in [0.3, 0.4) is 0 Å². The second-order valence-electron chi connectivity index (χ2n) is 4.89. The van der Waals surface area contributed by atoms with Crippen molar-refractivity contribution < 1.29 is 14.3 Å². The van der Waals surface area contributed by atoms with Gasteiger partial charge in [0.2, 0.25) is 0 Å². The molecule has 1 N–H and O–H groups in total. The van der Waals surface area contributed by atoms with E-state index >= 15 is 0 Å². The van der Waals surface area contributed by atoms with Gasteiger partial charge in [0, 0.05) is 24.2 Å². The Hall–Kier alpha value is -2.02. The molecule has 7 heteroatoms. The zero-order valence-corrected chi connectivity index (χ0v) is 13.1. The highest BCUT2D eigenvalue weighted by molar-refractivity contribution is 7.16. The Labute approximate surface area is 132 Å². The molecule has 0 aromatic carbocycles. The summed E-state index contributed by atoms with van der Waals surface area (Å²) in [5.41, 5.74) is 1.04. The summed E-state index contributed by atoms with van der Waals surface area (Å²) in [4.78, 5) is 20.4. The van der Waals surface area contributed by atoms with Gasteiger partial charge in [-0.2, -0.15) is 0 Å². The van der Waals surface area contributed by atoms with Crippen molar-refractivity contribution in [3.63, 3.8) is 0 Å².